The van der Waals surface area contributed by atoms with Crippen LogP contribution < -0.4 is 4.72 Å². The molecule has 0 fully saturated rings. The summed E-state index contributed by atoms with van der Waals surface area (Å²) in [5.41, 5.74) is 0.652. The zero-order chi connectivity index (χ0) is 14.0. The molecule has 2 heterocycles. The normalized spacial score (nSPS) is 13.1. The van der Waals surface area contributed by atoms with Gasteiger partial charge in [0.25, 0.3) is 10.0 Å². The predicted molar refractivity (Wildman–Crippen MR) is 68.9 cm³/mol. The zero-order valence-electron chi connectivity index (χ0n) is 9.75. The molecule has 2 rings (SSSR count). The van der Waals surface area contributed by atoms with E-state index in [1.54, 1.807) is 13.0 Å². The third kappa shape index (κ3) is 2.59. The number of hydrogen-bond acceptors (Lipinski definition) is 6. The molecule has 100 valence electrons. The molecule has 1 atom stereocenters. The zero-order valence-corrected chi connectivity index (χ0v) is 11.3. The van der Waals surface area contributed by atoms with Crippen LogP contribution in [0.5, 0.6) is 0 Å². The molecule has 0 radical (unpaired) electrons. The van der Waals surface area contributed by atoms with Gasteiger partial charge in [-0.25, -0.2) is 18.1 Å². The van der Waals surface area contributed by atoms with Crippen LogP contribution in [0.2, 0.25) is 5.15 Å². The number of nitrogens with zero attached hydrogens (tertiary/aromatic N) is 4. The van der Waals surface area contributed by atoms with Gasteiger partial charge in [-0.1, -0.05) is 18.5 Å². The molecule has 8 nitrogen and oxygen atoms in total. The lowest BCUT2D eigenvalue weighted by atomic mass is 10.4. The number of fused-ring (bicyclic) bond motifs is 1. The SMILES string of the molecule is CCC(C#N)S(=O)(=O)Nc1nc(Cl)c2[nH]cnc2n1. The van der Waals surface area contributed by atoms with Crippen LogP contribution in [0.25, 0.3) is 11.2 Å². The third-order valence-corrected chi connectivity index (χ3v) is 4.29. The largest absolute Gasteiger partial charge is 0.341 e. The second-order valence-electron chi connectivity index (χ2n) is 3.61. The van der Waals surface area contributed by atoms with E-state index in [1.165, 1.54) is 6.33 Å². The van der Waals surface area contributed by atoms with Crippen molar-refractivity contribution in [1.82, 2.24) is 19.9 Å². The summed E-state index contributed by atoms with van der Waals surface area (Å²) in [5.74, 6) is -0.210. The number of nitriles is 1. The summed E-state index contributed by atoms with van der Waals surface area (Å²) in [5, 5.41) is 7.65. The van der Waals surface area contributed by atoms with E-state index >= 15 is 0 Å². The fraction of sp³-hybridized carbons (Fsp3) is 0.333. The highest BCUT2D eigenvalue weighted by molar-refractivity contribution is 7.93. The number of sulfonamides is 1. The quantitative estimate of drug-likeness (QED) is 0.813. The summed E-state index contributed by atoms with van der Waals surface area (Å²) in [6.45, 7) is 1.60. The van der Waals surface area contributed by atoms with Gasteiger partial charge in [0.2, 0.25) is 5.95 Å². The van der Waals surface area contributed by atoms with Crippen LogP contribution in [-0.2, 0) is 10.0 Å². The Morgan fingerprint density at radius 3 is 2.95 bits per heavy atom. The highest BCUT2D eigenvalue weighted by atomic mass is 35.5. The van der Waals surface area contributed by atoms with Crippen molar-refractivity contribution < 1.29 is 8.42 Å². The van der Waals surface area contributed by atoms with Crippen LogP contribution in [-0.4, -0.2) is 33.6 Å². The molecular weight excluding hydrogens is 292 g/mol. The number of aromatic nitrogens is 4. The molecular formula is C9H9ClN6O2S. The molecule has 0 aliphatic heterocycles. The number of hydrogen-bond donors (Lipinski definition) is 2. The monoisotopic (exact) mass is 300 g/mol. The first-order chi connectivity index (χ1) is 8.97. The van der Waals surface area contributed by atoms with Crippen molar-refractivity contribution >= 4 is 38.7 Å². The van der Waals surface area contributed by atoms with Gasteiger partial charge >= 0.3 is 0 Å². The number of rotatable bonds is 4. The molecule has 0 bridgehead atoms. The number of anilines is 1. The minimum absolute atomic E-state index is 0.0465. The van der Waals surface area contributed by atoms with Crippen LogP contribution in [0, 0.1) is 11.3 Å². The molecule has 0 amide bonds. The maximum absolute atomic E-state index is 11.9. The van der Waals surface area contributed by atoms with Gasteiger partial charge < -0.3 is 4.98 Å². The van der Waals surface area contributed by atoms with Crippen LogP contribution in [0.1, 0.15) is 13.3 Å². The Hall–Kier alpha value is -1.92. The molecule has 0 saturated carbocycles. The lowest BCUT2D eigenvalue weighted by Gasteiger charge is -2.09. The smallest absolute Gasteiger partial charge is 0.251 e. The second-order valence-corrected chi connectivity index (χ2v) is 5.83. The first-order valence-electron chi connectivity index (χ1n) is 5.25. The molecule has 0 spiro atoms. The number of imidazole rings is 1. The van der Waals surface area contributed by atoms with Crippen molar-refractivity contribution in [3.05, 3.63) is 11.5 Å². The van der Waals surface area contributed by atoms with Crippen LogP contribution in [0.3, 0.4) is 0 Å². The van der Waals surface area contributed by atoms with Crippen molar-refractivity contribution in [1.29, 1.82) is 5.26 Å². The van der Waals surface area contributed by atoms with Crippen molar-refractivity contribution in [2.24, 2.45) is 0 Å². The predicted octanol–water partition coefficient (Wildman–Crippen LogP) is 1.05. The second kappa shape index (κ2) is 4.99. The fourth-order valence-electron chi connectivity index (χ4n) is 1.42. The van der Waals surface area contributed by atoms with E-state index in [9.17, 15) is 8.42 Å². The van der Waals surface area contributed by atoms with Gasteiger partial charge in [0, 0.05) is 0 Å². The van der Waals surface area contributed by atoms with Gasteiger partial charge in [0.15, 0.2) is 16.1 Å². The summed E-state index contributed by atoms with van der Waals surface area (Å²) in [6, 6.07) is 1.70. The minimum atomic E-state index is -3.88. The Kier molecular flexibility index (Phi) is 3.55. The average Bonchev–Trinajstić information content (AvgIpc) is 2.78. The van der Waals surface area contributed by atoms with E-state index in [2.05, 4.69) is 24.7 Å². The summed E-state index contributed by atoms with van der Waals surface area (Å²) in [4.78, 5) is 14.3. The maximum atomic E-state index is 11.9. The molecule has 10 heteroatoms. The number of aromatic amines is 1. The van der Waals surface area contributed by atoms with Gasteiger partial charge in [-0.2, -0.15) is 15.2 Å². The topological polar surface area (TPSA) is 124 Å². The van der Waals surface area contributed by atoms with E-state index in [0.717, 1.165) is 0 Å². The molecule has 0 aliphatic rings. The summed E-state index contributed by atoms with van der Waals surface area (Å²) in [7, 11) is -3.88. The Bertz CT molecular complexity index is 750. The lowest BCUT2D eigenvalue weighted by Crippen LogP contribution is -2.26. The summed E-state index contributed by atoms with van der Waals surface area (Å²) in [6.07, 6.45) is 1.53. The standard InChI is InChI=1S/C9H9ClN6O2S/c1-2-5(3-11)19(17,18)16-9-14-7(10)6-8(15-9)13-4-12-6/h4-5H,2H2,1H3,(H2,12,13,14,15,16). The van der Waals surface area contributed by atoms with Gasteiger partial charge in [-0.3, -0.25) is 0 Å². The van der Waals surface area contributed by atoms with Gasteiger partial charge in [-0.05, 0) is 6.42 Å². The first-order valence-corrected chi connectivity index (χ1v) is 7.18. The highest BCUT2D eigenvalue weighted by Crippen LogP contribution is 2.19. The lowest BCUT2D eigenvalue weighted by molar-refractivity contribution is 0.592. The Morgan fingerprint density at radius 1 is 1.58 bits per heavy atom. The molecule has 1 unspecified atom stereocenters. The molecule has 19 heavy (non-hydrogen) atoms. The third-order valence-electron chi connectivity index (χ3n) is 2.36. The number of nitrogens with one attached hydrogen (secondary N) is 2. The number of halogens is 1. The van der Waals surface area contributed by atoms with E-state index in [-0.39, 0.29) is 23.2 Å². The van der Waals surface area contributed by atoms with Gasteiger partial charge in [0.05, 0.1) is 12.4 Å². The maximum Gasteiger partial charge on any atom is 0.251 e. The molecule has 0 saturated heterocycles. The van der Waals surface area contributed by atoms with Gasteiger partial charge in [0.1, 0.15) is 5.52 Å². The molecule has 2 aromatic heterocycles. The fourth-order valence-corrected chi connectivity index (χ4v) is 2.71. The number of H-pyrrole nitrogens is 1. The molecule has 0 aliphatic carbocycles. The van der Waals surface area contributed by atoms with E-state index < -0.39 is 15.3 Å². The van der Waals surface area contributed by atoms with Crippen molar-refractivity contribution in [3.8, 4) is 6.07 Å². The Labute approximate surface area is 113 Å². The van der Waals surface area contributed by atoms with E-state index in [0.29, 0.717) is 5.52 Å². The van der Waals surface area contributed by atoms with Gasteiger partial charge in [-0.15, -0.1) is 0 Å². The molecule has 2 N–H and O–H groups in total. The molecule has 0 aromatic carbocycles. The van der Waals surface area contributed by atoms with Crippen molar-refractivity contribution in [3.63, 3.8) is 0 Å². The molecule has 2 aromatic rings. The first kappa shape index (κ1) is 13.5. The Balaban J connectivity index is 2.39. The van der Waals surface area contributed by atoms with Crippen LogP contribution >= 0.6 is 11.6 Å². The van der Waals surface area contributed by atoms with Crippen LogP contribution in [0.15, 0.2) is 6.33 Å². The van der Waals surface area contributed by atoms with Crippen LogP contribution in [0.4, 0.5) is 5.95 Å². The summed E-state index contributed by atoms with van der Waals surface area (Å²) >= 11 is 5.86. The minimum Gasteiger partial charge on any atom is -0.341 e. The Morgan fingerprint density at radius 2 is 2.32 bits per heavy atom. The van der Waals surface area contributed by atoms with Crippen molar-refractivity contribution in [2.75, 3.05) is 4.72 Å². The van der Waals surface area contributed by atoms with Crippen molar-refractivity contribution in [2.45, 2.75) is 18.6 Å². The van der Waals surface area contributed by atoms with E-state index in [1.807, 2.05) is 0 Å². The highest BCUT2D eigenvalue weighted by Gasteiger charge is 2.25. The van der Waals surface area contributed by atoms with E-state index in [4.69, 9.17) is 16.9 Å². The average molecular weight is 301 g/mol. The summed E-state index contributed by atoms with van der Waals surface area (Å²) < 4.78 is 25.9.